The van der Waals surface area contributed by atoms with Crippen molar-refractivity contribution in [2.24, 2.45) is 0 Å². The molecule has 0 radical (unpaired) electrons. The number of benzene rings is 1. The molecule has 21 heavy (non-hydrogen) atoms. The molecule has 1 heterocycles. The fourth-order valence-corrected chi connectivity index (χ4v) is 5.38. The zero-order valence-electron chi connectivity index (χ0n) is 10.7. The van der Waals surface area contributed by atoms with E-state index in [1.165, 1.54) is 12.1 Å². The van der Waals surface area contributed by atoms with Crippen molar-refractivity contribution < 1.29 is 26.7 Å². The number of halogens is 1. The van der Waals surface area contributed by atoms with Gasteiger partial charge in [0.15, 0.2) is 9.84 Å². The number of hydrogen-bond acceptors (Lipinski definition) is 5. The first kappa shape index (κ1) is 16.6. The minimum Gasteiger partial charge on any atom is -0.478 e. The van der Waals surface area contributed by atoms with Crippen LogP contribution in [0, 0.1) is 3.57 Å². The summed E-state index contributed by atoms with van der Waals surface area (Å²) < 4.78 is 49.0. The first-order valence-electron chi connectivity index (χ1n) is 5.87. The Balaban J connectivity index is 2.37. The van der Waals surface area contributed by atoms with Crippen LogP contribution in [0.2, 0.25) is 0 Å². The Hall–Kier alpha value is -0.720. The van der Waals surface area contributed by atoms with Gasteiger partial charge in [-0.2, -0.15) is 4.31 Å². The molecular weight excluding hydrogens is 433 g/mol. The van der Waals surface area contributed by atoms with Crippen molar-refractivity contribution in [1.29, 1.82) is 0 Å². The second kappa shape index (κ2) is 5.82. The predicted molar refractivity (Wildman–Crippen MR) is 83.5 cm³/mol. The predicted octanol–water partition coefficient (Wildman–Crippen LogP) is 0.409. The van der Waals surface area contributed by atoms with Crippen molar-refractivity contribution in [3.63, 3.8) is 0 Å². The highest BCUT2D eigenvalue weighted by Gasteiger charge is 2.31. The lowest BCUT2D eigenvalue weighted by atomic mass is 10.2. The maximum absolute atomic E-state index is 12.4. The van der Waals surface area contributed by atoms with Gasteiger partial charge in [0.05, 0.1) is 22.0 Å². The van der Waals surface area contributed by atoms with Gasteiger partial charge in [-0.25, -0.2) is 21.6 Å². The Labute approximate surface area is 136 Å². The van der Waals surface area contributed by atoms with E-state index in [0.29, 0.717) is 3.57 Å². The van der Waals surface area contributed by atoms with E-state index in [4.69, 9.17) is 5.11 Å². The molecule has 7 nitrogen and oxygen atoms in total. The third-order valence-electron chi connectivity index (χ3n) is 3.11. The standard InChI is InChI=1S/C11H12INO6S2/c12-10-2-1-8(7-9(10)11(14)15)21(18,19)13-3-5-20(16,17)6-4-13/h1-2,7H,3-6H2,(H,14,15). The van der Waals surface area contributed by atoms with E-state index in [-0.39, 0.29) is 35.1 Å². The van der Waals surface area contributed by atoms with Crippen LogP contribution in [0.25, 0.3) is 0 Å². The van der Waals surface area contributed by atoms with E-state index in [9.17, 15) is 21.6 Å². The summed E-state index contributed by atoms with van der Waals surface area (Å²) in [6, 6.07) is 3.84. The van der Waals surface area contributed by atoms with E-state index >= 15 is 0 Å². The summed E-state index contributed by atoms with van der Waals surface area (Å²) in [5.74, 6) is -1.65. The molecule has 10 heteroatoms. The molecule has 1 saturated heterocycles. The molecule has 0 atom stereocenters. The average molecular weight is 445 g/mol. The summed E-state index contributed by atoms with van der Waals surface area (Å²) in [4.78, 5) is 10.9. The third-order valence-corrected chi connectivity index (χ3v) is 7.55. The van der Waals surface area contributed by atoms with Crippen molar-refractivity contribution in [3.8, 4) is 0 Å². The fraction of sp³-hybridized carbons (Fsp3) is 0.364. The zero-order chi connectivity index (χ0) is 15.8. The molecule has 0 aromatic heterocycles. The van der Waals surface area contributed by atoms with Gasteiger partial charge in [-0.15, -0.1) is 0 Å². The number of carboxylic acids is 1. The lowest BCUT2D eigenvalue weighted by Crippen LogP contribution is -2.43. The van der Waals surface area contributed by atoms with Crippen molar-refractivity contribution in [3.05, 3.63) is 27.3 Å². The van der Waals surface area contributed by atoms with E-state index in [1.54, 1.807) is 0 Å². The number of aromatic carboxylic acids is 1. The van der Waals surface area contributed by atoms with Crippen LogP contribution in [-0.4, -0.2) is 56.8 Å². The second-order valence-electron chi connectivity index (χ2n) is 4.50. The van der Waals surface area contributed by atoms with Gasteiger partial charge in [0, 0.05) is 16.7 Å². The zero-order valence-corrected chi connectivity index (χ0v) is 14.5. The van der Waals surface area contributed by atoms with Crippen LogP contribution in [-0.2, 0) is 19.9 Å². The van der Waals surface area contributed by atoms with Gasteiger partial charge in [0.1, 0.15) is 0 Å². The molecule has 1 aliphatic rings. The van der Waals surface area contributed by atoms with Crippen LogP contribution >= 0.6 is 22.6 Å². The second-order valence-corrected chi connectivity index (χ2v) is 9.91. The summed E-state index contributed by atoms with van der Waals surface area (Å²) in [5.41, 5.74) is -0.0960. The van der Waals surface area contributed by atoms with Gasteiger partial charge in [-0.05, 0) is 40.8 Å². The molecule has 2 rings (SSSR count). The molecule has 0 bridgehead atoms. The number of hydrogen-bond donors (Lipinski definition) is 1. The smallest absolute Gasteiger partial charge is 0.336 e. The van der Waals surface area contributed by atoms with Crippen LogP contribution in [0.3, 0.4) is 0 Å². The minimum atomic E-state index is -3.88. The van der Waals surface area contributed by atoms with Crippen molar-refractivity contribution in [2.75, 3.05) is 24.6 Å². The van der Waals surface area contributed by atoms with E-state index in [2.05, 4.69) is 0 Å². The topological polar surface area (TPSA) is 109 Å². The maximum Gasteiger partial charge on any atom is 0.336 e. The Morgan fingerprint density at radius 3 is 2.33 bits per heavy atom. The summed E-state index contributed by atoms with van der Waals surface area (Å²) in [7, 11) is -7.07. The molecule has 1 aliphatic heterocycles. The highest BCUT2D eigenvalue weighted by atomic mass is 127. The number of rotatable bonds is 3. The first-order chi connectivity index (χ1) is 9.63. The number of sulfonamides is 1. The molecule has 0 spiro atoms. The molecule has 1 fully saturated rings. The van der Waals surface area contributed by atoms with E-state index in [0.717, 1.165) is 10.4 Å². The molecule has 116 valence electrons. The van der Waals surface area contributed by atoms with Crippen LogP contribution in [0.15, 0.2) is 23.1 Å². The van der Waals surface area contributed by atoms with Gasteiger partial charge in [0.2, 0.25) is 10.0 Å². The molecule has 1 aromatic carbocycles. The Morgan fingerprint density at radius 2 is 1.81 bits per heavy atom. The van der Waals surface area contributed by atoms with Gasteiger partial charge in [-0.3, -0.25) is 0 Å². The number of carboxylic acid groups (broad SMARTS) is 1. The molecule has 0 saturated carbocycles. The van der Waals surface area contributed by atoms with Crippen molar-refractivity contribution in [1.82, 2.24) is 4.31 Å². The Kier molecular flexibility index (Phi) is 4.61. The Morgan fingerprint density at radius 1 is 1.24 bits per heavy atom. The normalized spacial score (nSPS) is 19.3. The third kappa shape index (κ3) is 3.55. The average Bonchev–Trinajstić information content (AvgIpc) is 2.38. The van der Waals surface area contributed by atoms with Gasteiger partial charge in [-0.1, -0.05) is 0 Å². The molecule has 1 N–H and O–H groups in total. The van der Waals surface area contributed by atoms with Crippen LogP contribution in [0.5, 0.6) is 0 Å². The summed E-state index contributed by atoms with van der Waals surface area (Å²) in [5, 5.41) is 9.04. The number of sulfone groups is 1. The van der Waals surface area contributed by atoms with Crippen LogP contribution in [0.4, 0.5) is 0 Å². The summed E-state index contributed by atoms with van der Waals surface area (Å²) in [6.07, 6.45) is 0. The minimum absolute atomic E-state index is 0.0960. The van der Waals surface area contributed by atoms with Gasteiger partial charge < -0.3 is 5.11 Å². The van der Waals surface area contributed by atoms with Crippen molar-refractivity contribution in [2.45, 2.75) is 4.90 Å². The van der Waals surface area contributed by atoms with E-state index in [1.807, 2.05) is 22.6 Å². The molecular formula is C11H12INO6S2. The maximum atomic E-state index is 12.4. The number of nitrogens with zero attached hydrogens (tertiary/aromatic N) is 1. The van der Waals surface area contributed by atoms with E-state index < -0.39 is 25.8 Å². The first-order valence-corrected chi connectivity index (χ1v) is 10.2. The van der Waals surface area contributed by atoms with Crippen LogP contribution in [0.1, 0.15) is 10.4 Å². The highest BCUT2D eigenvalue weighted by Crippen LogP contribution is 2.22. The lowest BCUT2D eigenvalue weighted by Gasteiger charge is -2.26. The SMILES string of the molecule is O=C(O)c1cc(S(=O)(=O)N2CCS(=O)(=O)CC2)ccc1I. The Bertz CT molecular complexity index is 773. The van der Waals surface area contributed by atoms with Gasteiger partial charge >= 0.3 is 5.97 Å². The highest BCUT2D eigenvalue weighted by molar-refractivity contribution is 14.1. The van der Waals surface area contributed by atoms with Gasteiger partial charge in [0.25, 0.3) is 0 Å². The largest absolute Gasteiger partial charge is 0.478 e. The molecule has 1 aromatic rings. The quantitative estimate of drug-likeness (QED) is 0.676. The monoisotopic (exact) mass is 445 g/mol. The van der Waals surface area contributed by atoms with Crippen LogP contribution < -0.4 is 0 Å². The summed E-state index contributed by atoms with van der Waals surface area (Å²) >= 11 is 1.81. The molecule has 0 amide bonds. The summed E-state index contributed by atoms with van der Waals surface area (Å²) in [6.45, 7) is -0.224. The molecule has 0 aliphatic carbocycles. The molecule has 0 unspecified atom stereocenters. The lowest BCUT2D eigenvalue weighted by molar-refractivity contribution is 0.0695. The van der Waals surface area contributed by atoms with Crippen molar-refractivity contribution >= 4 is 48.4 Å². The fourth-order valence-electron chi connectivity index (χ4n) is 1.91. The number of carbonyl (C=O) groups is 1.